The van der Waals surface area contributed by atoms with E-state index in [0.29, 0.717) is 5.92 Å². The van der Waals surface area contributed by atoms with Crippen LogP contribution in [0.5, 0.6) is 0 Å². The average Bonchev–Trinajstić information content (AvgIpc) is 3.36. The largest absolute Gasteiger partial charge is 0.311 e. The quantitative estimate of drug-likeness (QED) is 0.129. The Kier molecular flexibility index (Phi) is 10.9. The van der Waals surface area contributed by atoms with Crippen LogP contribution in [0.15, 0.2) is 261 Å². The van der Waals surface area contributed by atoms with E-state index in [2.05, 4.69) is 271 Å². The van der Waals surface area contributed by atoms with E-state index in [1.807, 2.05) is 0 Å². The molecule has 62 heavy (non-hydrogen) atoms. The van der Waals surface area contributed by atoms with E-state index in [0.717, 1.165) is 40.5 Å². The fourth-order valence-corrected chi connectivity index (χ4v) is 8.53. The summed E-state index contributed by atoms with van der Waals surface area (Å²) in [6.07, 6.45) is 7.98. The number of para-hydroxylation sites is 1. The Morgan fingerprint density at radius 3 is 0.903 bits per heavy atom. The first-order chi connectivity index (χ1) is 30.7. The topological polar surface area (TPSA) is 6.48 Å². The highest BCUT2D eigenvalue weighted by Crippen LogP contribution is 2.40. The molecule has 0 amide bonds. The van der Waals surface area contributed by atoms with Crippen LogP contribution in [-0.4, -0.2) is 0 Å². The van der Waals surface area contributed by atoms with Crippen LogP contribution in [-0.2, 0) is 0 Å². The lowest BCUT2D eigenvalue weighted by atomic mass is 9.88. The molecular weight excluding hydrogens is 749 g/mol. The average molecular weight is 795 g/mol. The molecule has 0 aliphatic heterocycles. The van der Waals surface area contributed by atoms with E-state index < -0.39 is 0 Å². The van der Waals surface area contributed by atoms with Crippen LogP contribution in [0.25, 0.3) is 39.0 Å². The van der Waals surface area contributed by atoms with Crippen LogP contribution in [0, 0.1) is 0 Å². The van der Waals surface area contributed by atoms with E-state index >= 15 is 0 Å². The molecule has 1 atom stereocenters. The van der Waals surface area contributed by atoms with E-state index in [4.69, 9.17) is 0 Å². The zero-order valence-electron chi connectivity index (χ0n) is 34.5. The molecule has 0 aromatic heterocycles. The summed E-state index contributed by atoms with van der Waals surface area (Å²) < 4.78 is 0. The molecule has 2 heteroatoms. The van der Waals surface area contributed by atoms with Gasteiger partial charge >= 0.3 is 0 Å². The minimum absolute atomic E-state index is 0.361. The molecule has 0 spiro atoms. The molecule has 9 aromatic carbocycles. The molecule has 0 fully saturated rings. The second kappa shape index (κ2) is 17.7. The van der Waals surface area contributed by atoms with Gasteiger partial charge in [-0.15, -0.1) is 0 Å². The second-order valence-electron chi connectivity index (χ2n) is 15.7. The molecule has 0 saturated heterocycles. The molecule has 1 aliphatic rings. The van der Waals surface area contributed by atoms with Gasteiger partial charge in [0.2, 0.25) is 0 Å². The van der Waals surface area contributed by atoms with Crippen LogP contribution in [0.4, 0.5) is 34.1 Å². The van der Waals surface area contributed by atoms with E-state index in [1.165, 1.54) is 50.1 Å². The van der Waals surface area contributed by atoms with Crippen LogP contribution >= 0.6 is 0 Å². The van der Waals surface area contributed by atoms with Gasteiger partial charge in [-0.25, -0.2) is 0 Å². The molecular formula is C60H46N2. The smallest absolute Gasteiger partial charge is 0.0462 e. The van der Waals surface area contributed by atoms with Crippen molar-refractivity contribution in [1.29, 1.82) is 0 Å². The number of hydrogen-bond donors (Lipinski definition) is 0. The summed E-state index contributed by atoms with van der Waals surface area (Å²) in [6, 6.07) is 87.1. The van der Waals surface area contributed by atoms with E-state index in [-0.39, 0.29) is 0 Å². The van der Waals surface area contributed by atoms with Crippen molar-refractivity contribution >= 4 is 39.7 Å². The zero-order chi connectivity index (χ0) is 41.5. The normalized spacial score (nSPS) is 13.3. The van der Waals surface area contributed by atoms with Gasteiger partial charge in [0, 0.05) is 40.0 Å². The third kappa shape index (κ3) is 8.28. The highest BCUT2D eigenvalue weighted by atomic mass is 15.1. The van der Waals surface area contributed by atoms with Gasteiger partial charge in [-0.1, -0.05) is 188 Å². The third-order valence-electron chi connectivity index (χ3n) is 11.9. The number of benzene rings is 9. The maximum Gasteiger partial charge on any atom is 0.0462 e. The summed E-state index contributed by atoms with van der Waals surface area (Å²) in [6.45, 7) is 0. The Morgan fingerprint density at radius 2 is 0.565 bits per heavy atom. The number of nitrogens with zero attached hydrogens (tertiary/aromatic N) is 2. The van der Waals surface area contributed by atoms with Crippen LogP contribution < -0.4 is 9.80 Å². The zero-order valence-corrected chi connectivity index (χ0v) is 34.5. The molecule has 296 valence electrons. The fourth-order valence-electron chi connectivity index (χ4n) is 8.53. The predicted octanol–water partition coefficient (Wildman–Crippen LogP) is 16.8. The fraction of sp³-hybridized carbons (Fsp3) is 0.0333. The maximum atomic E-state index is 2.37. The highest BCUT2D eigenvalue weighted by Gasteiger charge is 2.17. The summed E-state index contributed by atoms with van der Waals surface area (Å²) in [5.74, 6) is 0.361. The van der Waals surface area contributed by atoms with Gasteiger partial charge in [-0.3, -0.25) is 0 Å². The molecule has 2 nitrogen and oxygen atoms in total. The molecule has 1 unspecified atom stereocenters. The second-order valence-corrected chi connectivity index (χ2v) is 15.7. The first-order valence-corrected chi connectivity index (χ1v) is 21.4. The maximum absolute atomic E-state index is 2.37. The van der Waals surface area contributed by atoms with Crippen LogP contribution in [0.2, 0.25) is 0 Å². The lowest BCUT2D eigenvalue weighted by Gasteiger charge is -2.27. The summed E-state index contributed by atoms with van der Waals surface area (Å²) in [4.78, 5) is 4.67. The lowest BCUT2D eigenvalue weighted by Crippen LogP contribution is -2.10. The number of hydrogen-bond acceptors (Lipinski definition) is 2. The van der Waals surface area contributed by atoms with Crippen molar-refractivity contribution in [2.45, 2.75) is 12.3 Å². The van der Waals surface area contributed by atoms with Crippen LogP contribution in [0.1, 0.15) is 23.5 Å². The minimum atomic E-state index is 0.361. The number of allylic oxidation sites excluding steroid dienone is 4. The van der Waals surface area contributed by atoms with Crippen LogP contribution in [0.3, 0.4) is 0 Å². The van der Waals surface area contributed by atoms with Gasteiger partial charge in [0.1, 0.15) is 0 Å². The van der Waals surface area contributed by atoms with Crippen molar-refractivity contribution in [3.8, 4) is 33.4 Å². The molecule has 0 bridgehead atoms. The van der Waals surface area contributed by atoms with Crippen molar-refractivity contribution in [2.24, 2.45) is 0 Å². The van der Waals surface area contributed by atoms with Gasteiger partial charge in [-0.05, 0) is 129 Å². The summed E-state index contributed by atoms with van der Waals surface area (Å²) in [5.41, 5.74) is 17.7. The number of rotatable bonds is 11. The molecule has 0 radical (unpaired) electrons. The molecule has 0 N–H and O–H groups in total. The summed E-state index contributed by atoms with van der Waals surface area (Å²) in [7, 11) is 0. The standard InChI is InChI=1S/C60H46N2/c1-5-13-45(14-6-1)48-21-23-49(24-22-48)52-29-39-56(40-30-52)61(55-19-11-4-12-20-55)57-41-31-53(32-42-57)54-33-43-60(44-34-54)62(58-35-25-50(26-36-58)46-15-7-2-8-16-46)59-37-27-51(28-38-59)47-17-9-3-10-18-47/h1-23,25-44,49H,24H2. The van der Waals surface area contributed by atoms with E-state index in [1.54, 1.807) is 0 Å². The van der Waals surface area contributed by atoms with Gasteiger partial charge in [0.15, 0.2) is 0 Å². The van der Waals surface area contributed by atoms with Gasteiger partial charge in [0.05, 0.1) is 0 Å². The summed E-state index contributed by atoms with van der Waals surface area (Å²) in [5, 5.41) is 0. The Hall–Kier alpha value is -7.94. The molecule has 1 aliphatic carbocycles. The van der Waals surface area contributed by atoms with Crippen molar-refractivity contribution in [2.75, 3.05) is 9.80 Å². The monoisotopic (exact) mass is 794 g/mol. The van der Waals surface area contributed by atoms with Crippen molar-refractivity contribution in [3.63, 3.8) is 0 Å². The molecule has 9 aromatic rings. The summed E-state index contributed by atoms with van der Waals surface area (Å²) >= 11 is 0. The van der Waals surface area contributed by atoms with Crippen molar-refractivity contribution in [1.82, 2.24) is 0 Å². The van der Waals surface area contributed by atoms with Crippen molar-refractivity contribution < 1.29 is 0 Å². The van der Waals surface area contributed by atoms with Crippen molar-refractivity contribution in [3.05, 3.63) is 272 Å². The highest BCUT2D eigenvalue weighted by molar-refractivity contribution is 5.83. The SMILES string of the molecule is C1=CC(c2ccc(N(c3ccccc3)c3ccc(-c4ccc(N(c5ccc(-c6ccccc6)cc5)c5ccc(-c6ccccc6)cc5)cc4)cc3)cc2)CC=C1c1ccccc1. The van der Waals surface area contributed by atoms with E-state index in [9.17, 15) is 0 Å². The predicted molar refractivity (Wildman–Crippen MR) is 263 cm³/mol. The Labute approximate surface area is 365 Å². The van der Waals surface area contributed by atoms with Gasteiger partial charge < -0.3 is 9.80 Å². The number of anilines is 6. The van der Waals surface area contributed by atoms with Gasteiger partial charge in [0.25, 0.3) is 0 Å². The Bertz CT molecular complexity index is 2820. The first kappa shape index (κ1) is 38.3. The third-order valence-corrected chi connectivity index (χ3v) is 11.9. The van der Waals surface area contributed by atoms with Gasteiger partial charge in [-0.2, -0.15) is 0 Å². The first-order valence-electron chi connectivity index (χ1n) is 21.4. The molecule has 0 heterocycles. The molecule has 0 saturated carbocycles. The molecule has 10 rings (SSSR count). The lowest BCUT2D eigenvalue weighted by molar-refractivity contribution is 0.856. The Balaban J connectivity index is 0.909. The minimum Gasteiger partial charge on any atom is -0.311 e. The Morgan fingerprint density at radius 1 is 0.274 bits per heavy atom.